The van der Waals surface area contributed by atoms with Crippen LogP contribution in [0.4, 0.5) is 10.6 Å². The Hall–Kier alpha value is -4.00. The van der Waals surface area contributed by atoms with Crippen LogP contribution >= 0.6 is 0 Å². The van der Waals surface area contributed by atoms with Crippen LogP contribution in [0.3, 0.4) is 0 Å². The molecule has 1 aliphatic rings. The van der Waals surface area contributed by atoms with Gasteiger partial charge in [0.15, 0.2) is 0 Å². The van der Waals surface area contributed by atoms with Crippen molar-refractivity contribution in [3.63, 3.8) is 0 Å². The van der Waals surface area contributed by atoms with E-state index < -0.39 is 18.2 Å². The highest BCUT2D eigenvalue weighted by Gasteiger charge is 2.32. The minimum Gasteiger partial charge on any atom is -0.445 e. The average Bonchev–Trinajstić information content (AvgIpc) is 2.90. The van der Waals surface area contributed by atoms with Crippen LogP contribution in [0.5, 0.6) is 0 Å². The van der Waals surface area contributed by atoms with Gasteiger partial charge in [-0.1, -0.05) is 60.7 Å². The molecule has 0 spiro atoms. The standard InChI is InChI=1S/C23H20N4O3/c1-27-21-18(13-8-14-24-21)19(17-11-6-3-7-12-17)25-20(22(27)28)26-23(29)30-15-16-9-4-2-5-10-16/h2-14,20H,15H2,1H3,(H,26,29). The number of amides is 2. The van der Waals surface area contributed by atoms with E-state index >= 15 is 0 Å². The van der Waals surface area contributed by atoms with Gasteiger partial charge in [0.25, 0.3) is 5.91 Å². The third kappa shape index (κ3) is 4.05. The van der Waals surface area contributed by atoms with E-state index in [1.165, 1.54) is 4.90 Å². The zero-order valence-corrected chi connectivity index (χ0v) is 16.4. The van der Waals surface area contributed by atoms with E-state index in [0.717, 1.165) is 11.1 Å². The van der Waals surface area contributed by atoms with Crippen LogP contribution in [0.2, 0.25) is 0 Å². The number of aliphatic imine (C=N–C) groups is 1. The largest absolute Gasteiger partial charge is 0.445 e. The van der Waals surface area contributed by atoms with Crippen molar-refractivity contribution in [2.45, 2.75) is 12.8 Å². The number of benzene rings is 2. The molecule has 1 atom stereocenters. The molecule has 0 saturated carbocycles. The molecule has 3 aromatic rings. The molecule has 1 aliphatic heterocycles. The molecular formula is C23H20N4O3. The van der Waals surface area contributed by atoms with Crippen LogP contribution in [-0.4, -0.2) is 35.9 Å². The van der Waals surface area contributed by atoms with Gasteiger partial charge in [0, 0.05) is 24.4 Å². The van der Waals surface area contributed by atoms with Crippen molar-refractivity contribution in [3.05, 3.63) is 95.7 Å². The second-order valence-corrected chi connectivity index (χ2v) is 6.72. The molecule has 150 valence electrons. The van der Waals surface area contributed by atoms with Crippen molar-refractivity contribution in [2.75, 3.05) is 11.9 Å². The summed E-state index contributed by atoms with van der Waals surface area (Å²) in [6, 6.07) is 22.4. The molecule has 0 fully saturated rings. The molecule has 1 N–H and O–H groups in total. The number of alkyl carbamates (subject to hydrolysis) is 1. The summed E-state index contributed by atoms with van der Waals surface area (Å²) in [6.45, 7) is 0.0977. The number of anilines is 1. The molecule has 0 aliphatic carbocycles. The number of rotatable bonds is 4. The van der Waals surface area contributed by atoms with E-state index in [9.17, 15) is 9.59 Å². The number of hydrogen-bond donors (Lipinski definition) is 1. The van der Waals surface area contributed by atoms with E-state index in [1.54, 1.807) is 19.3 Å². The van der Waals surface area contributed by atoms with Crippen LogP contribution in [0.25, 0.3) is 0 Å². The Balaban J connectivity index is 1.62. The third-order valence-electron chi connectivity index (χ3n) is 4.70. The molecule has 30 heavy (non-hydrogen) atoms. The Bertz CT molecular complexity index is 1080. The maximum absolute atomic E-state index is 13.0. The summed E-state index contributed by atoms with van der Waals surface area (Å²) in [4.78, 5) is 35.7. The van der Waals surface area contributed by atoms with E-state index in [0.29, 0.717) is 17.1 Å². The molecule has 1 aromatic heterocycles. The molecule has 0 radical (unpaired) electrons. The molecule has 4 rings (SSSR count). The van der Waals surface area contributed by atoms with Gasteiger partial charge in [-0.15, -0.1) is 0 Å². The van der Waals surface area contributed by atoms with E-state index in [4.69, 9.17) is 4.74 Å². The van der Waals surface area contributed by atoms with E-state index in [2.05, 4.69) is 15.3 Å². The summed E-state index contributed by atoms with van der Waals surface area (Å²) in [5, 5.41) is 2.58. The summed E-state index contributed by atoms with van der Waals surface area (Å²) in [5.74, 6) is 0.0737. The van der Waals surface area contributed by atoms with Crippen LogP contribution in [0, 0.1) is 0 Å². The first-order valence-corrected chi connectivity index (χ1v) is 9.47. The molecule has 2 amide bonds. The predicted octanol–water partition coefficient (Wildman–Crippen LogP) is 3.15. The highest BCUT2D eigenvalue weighted by atomic mass is 16.5. The number of aromatic nitrogens is 1. The number of carbonyl (C=O) groups is 2. The summed E-state index contributed by atoms with van der Waals surface area (Å²) in [5.41, 5.74) is 2.95. The van der Waals surface area contributed by atoms with Crippen LogP contribution in [0.15, 0.2) is 84.0 Å². The highest BCUT2D eigenvalue weighted by Crippen LogP contribution is 2.25. The molecule has 0 saturated heterocycles. The van der Waals surface area contributed by atoms with Crippen LogP contribution in [-0.2, 0) is 16.1 Å². The maximum Gasteiger partial charge on any atom is 0.409 e. The minimum absolute atomic E-state index is 0.0977. The number of carbonyl (C=O) groups excluding carboxylic acids is 2. The number of hydrogen-bond acceptors (Lipinski definition) is 5. The maximum atomic E-state index is 13.0. The van der Waals surface area contributed by atoms with Gasteiger partial charge in [0.05, 0.1) is 5.71 Å². The Morgan fingerprint density at radius 3 is 2.47 bits per heavy atom. The zero-order valence-electron chi connectivity index (χ0n) is 16.4. The predicted molar refractivity (Wildman–Crippen MR) is 113 cm³/mol. The van der Waals surface area contributed by atoms with Gasteiger partial charge in [0.2, 0.25) is 6.17 Å². The topological polar surface area (TPSA) is 83.9 Å². The Morgan fingerprint density at radius 1 is 1.03 bits per heavy atom. The highest BCUT2D eigenvalue weighted by molar-refractivity contribution is 6.19. The zero-order chi connectivity index (χ0) is 20.9. The summed E-state index contributed by atoms with van der Waals surface area (Å²) >= 11 is 0. The van der Waals surface area contributed by atoms with Crippen molar-refractivity contribution in [1.29, 1.82) is 0 Å². The first-order chi connectivity index (χ1) is 14.6. The lowest BCUT2D eigenvalue weighted by molar-refractivity contribution is -0.120. The lowest BCUT2D eigenvalue weighted by Gasteiger charge is -2.19. The minimum atomic E-state index is -1.14. The Kier molecular flexibility index (Phi) is 5.52. The lowest BCUT2D eigenvalue weighted by Crippen LogP contribution is -2.46. The fourth-order valence-corrected chi connectivity index (χ4v) is 3.19. The van der Waals surface area contributed by atoms with Crippen molar-refractivity contribution >= 4 is 23.5 Å². The van der Waals surface area contributed by atoms with Crippen LogP contribution < -0.4 is 10.2 Å². The molecule has 2 aromatic carbocycles. The molecular weight excluding hydrogens is 380 g/mol. The van der Waals surface area contributed by atoms with Crippen LogP contribution in [0.1, 0.15) is 16.7 Å². The smallest absolute Gasteiger partial charge is 0.409 e. The molecule has 7 nitrogen and oxygen atoms in total. The van der Waals surface area contributed by atoms with Crippen molar-refractivity contribution in [3.8, 4) is 0 Å². The lowest BCUT2D eigenvalue weighted by atomic mass is 10.0. The first kappa shape index (κ1) is 19.3. The summed E-state index contributed by atoms with van der Waals surface area (Å²) in [7, 11) is 1.61. The van der Waals surface area contributed by atoms with Gasteiger partial charge < -0.3 is 4.74 Å². The fourth-order valence-electron chi connectivity index (χ4n) is 3.19. The summed E-state index contributed by atoms with van der Waals surface area (Å²) in [6.07, 6.45) is -0.240. The van der Waals surface area contributed by atoms with Gasteiger partial charge >= 0.3 is 6.09 Å². The molecule has 0 bridgehead atoms. The molecule has 1 unspecified atom stereocenters. The number of nitrogens with one attached hydrogen (secondary N) is 1. The van der Waals surface area contributed by atoms with Gasteiger partial charge in [-0.3, -0.25) is 15.0 Å². The van der Waals surface area contributed by atoms with Crippen molar-refractivity contribution < 1.29 is 14.3 Å². The Labute approximate surface area is 174 Å². The number of nitrogens with zero attached hydrogens (tertiary/aromatic N) is 3. The second-order valence-electron chi connectivity index (χ2n) is 6.72. The number of pyridine rings is 1. The monoisotopic (exact) mass is 400 g/mol. The summed E-state index contributed by atoms with van der Waals surface area (Å²) < 4.78 is 5.27. The van der Waals surface area contributed by atoms with Gasteiger partial charge in [-0.05, 0) is 17.7 Å². The van der Waals surface area contributed by atoms with Gasteiger partial charge in [0.1, 0.15) is 12.4 Å². The SMILES string of the molecule is CN1C(=O)C(NC(=O)OCc2ccccc2)N=C(c2ccccc2)c2cccnc21. The molecule has 2 heterocycles. The number of ether oxygens (including phenoxy) is 1. The van der Waals surface area contributed by atoms with E-state index in [-0.39, 0.29) is 6.61 Å². The van der Waals surface area contributed by atoms with Gasteiger partial charge in [-0.25, -0.2) is 14.8 Å². The van der Waals surface area contributed by atoms with Crippen molar-refractivity contribution in [1.82, 2.24) is 10.3 Å². The fraction of sp³-hybridized carbons (Fsp3) is 0.130. The second kappa shape index (κ2) is 8.57. The number of likely N-dealkylation sites (N-methyl/N-ethyl adjacent to an activating group) is 1. The average molecular weight is 400 g/mol. The third-order valence-corrected chi connectivity index (χ3v) is 4.70. The number of fused-ring (bicyclic) bond motifs is 1. The quantitative estimate of drug-likeness (QED) is 0.729. The first-order valence-electron chi connectivity index (χ1n) is 9.47. The van der Waals surface area contributed by atoms with E-state index in [1.807, 2.05) is 66.7 Å². The Morgan fingerprint density at radius 2 is 1.73 bits per heavy atom. The van der Waals surface area contributed by atoms with Crippen molar-refractivity contribution in [2.24, 2.45) is 4.99 Å². The normalized spacial score (nSPS) is 15.6. The molecule has 7 heteroatoms. The van der Waals surface area contributed by atoms with Gasteiger partial charge in [-0.2, -0.15) is 0 Å².